The predicted octanol–water partition coefficient (Wildman–Crippen LogP) is 0.577. The van der Waals surface area contributed by atoms with Gasteiger partial charge in [0, 0.05) is 6.42 Å². The molecule has 1 amide bonds. The number of amides is 1. The molecule has 0 fully saturated rings. The van der Waals surface area contributed by atoms with Gasteiger partial charge in [-0.3, -0.25) is 4.79 Å². The highest BCUT2D eigenvalue weighted by Gasteiger charge is 2.08. The van der Waals surface area contributed by atoms with Crippen molar-refractivity contribution in [2.24, 2.45) is 11.5 Å². The van der Waals surface area contributed by atoms with Crippen molar-refractivity contribution in [3.05, 3.63) is 29.8 Å². The fourth-order valence-corrected chi connectivity index (χ4v) is 1.08. The fraction of sp³-hybridized carbons (Fsp3) is 0.364. The smallest absolute Gasteiger partial charge is 0.234 e. The zero-order valence-corrected chi connectivity index (χ0v) is 8.77. The van der Waals surface area contributed by atoms with E-state index in [1.165, 1.54) is 5.56 Å². The molecule has 4 N–H and O–H groups in total. The molecule has 82 valence electrons. The Labute approximate surface area is 89.2 Å². The van der Waals surface area contributed by atoms with Crippen molar-refractivity contribution in [2.45, 2.75) is 19.4 Å². The van der Waals surface area contributed by atoms with Gasteiger partial charge in [0.05, 0.1) is 12.6 Å². The van der Waals surface area contributed by atoms with E-state index in [2.05, 4.69) is 0 Å². The number of rotatable bonds is 5. The van der Waals surface area contributed by atoms with Crippen LogP contribution < -0.4 is 16.2 Å². The van der Waals surface area contributed by atoms with E-state index in [1.54, 1.807) is 0 Å². The van der Waals surface area contributed by atoms with Crippen molar-refractivity contribution in [1.82, 2.24) is 0 Å². The number of ether oxygens (including phenoxy) is 1. The standard InChI is InChI=1S/C11H16N2O2/c1-8-2-4-9(5-3-8)15-7-6-10(12)11(13)14/h2-5,10H,6-7,12H2,1H3,(H2,13,14)/t10-/m0/s1. The van der Waals surface area contributed by atoms with Crippen LogP contribution in [0, 0.1) is 6.92 Å². The molecule has 0 aliphatic carbocycles. The quantitative estimate of drug-likeness (QED) is 0.742. The van der Waals surface area contributed by atoms with E-state index in [9.17, 15) is 4.79 Å². The summed E-state index contributed by atoms with van der Waals surface area (Å²) in [6.45, 7) is 2.40. The van der Waals surface area contributed by atoms with Gasteiger partial charge in [-0.1, -0.05) is 17.7 Å². The van der Waals surface area contributed by atoms with Crippen LogP contribution in [0.3, 0.4) is 0 Å². The molecule has 0 heterocycles. The first-order valence-corrected chi connectivity index (χ1v) is 4.84. The van der Waals surface area contributed by atoms with Crippen LogP contribution in [-0.2, 0) is 4.79 Å². The second-order valence-electron chi connectivity index (χ2n) is 3.46. The molecule has 1 aromatic rings. The molecule has 0 unspecified atom stereocenters. The molecule has 1 atom stereocenters. The van der Waals surface area contributed by atoms with Gasteiger partial charge in [-0.15, -0.1) is 0 Å². The van der Waals surface area contributed by atoms with Gasteiger partial charge in [0.2, 0.25) is 5.91 Å². The van der Waals surface area contributed by atoms with Crippen LogP contribution in [0.15, 0.2) is 24.3 Å². The van der Waals surface area contributed by atoms with E-state index in [1.807, 2.05) is 31.2 Å². The number of aryl methyl sites for hydroxylation is 1. The van der Waals surface area contributed by atoms with Gasteiger partial charge < -0.3 is 16.2 Å². The molecule has 0 radical (unpaired) electrons. The lowest BCUT2D eigenvalue weighted by molar-refractivity contribution is -0.119. The van der Waals surface area contributed by atoms with Crippen molar-refractivity contribution in [1.29, 1.82) is 0 Å². The molecule has 1 aromatic carbocycles. The first kappa shape index (κ1) is 11.5. The number of primary amides is 1. The Bertz CT molecular complexity index is 322. The summed E-state index contributed by atoms with van der Waals surface area (Å²) in [7, 11) is 0. The van der Waals surface area contributed by atoms with Crippen LogP contribution >= 0.6 is 0 Å². The maximum Gasteiger partial charge on any atom is 0.234 e. The summed E-state index contributed by atoms with van der Waals surface area (Å²) < 4.78 is 5.39. The highest BCUT2D eigenvalue weighted by Crippen LogP contribution is 2.11. The SMILES string of the molecule is Cc1ccc(OCC[C@H](N)C(N)=O)cc1. The normalized spacial score (nSPS) is 12.1. The monoisotopic (exact) mass is 208 g/mol. The van der Waals surface area contributed by atoms with Gasteiger partial charge in [0.25, 0.3) is 0 Å². The molecule has 1 rings (SSSR count). The molecule has 0 saturated heterocycles. The first-order chi connectivity index (χ1) is 7.09. The third kappa shape index (κ3) is 3.99. The highest BCUT2D eigenvalue weighted by molar-refractivity contribution is 5.79. The first-order valence-electron chi connectivity index (χ1n) is 4.84. The zero-order chi connectivity index (χ0) is 11.3. The Morgan fingerprint density at radius 1 is 1.40 bits per heavy atom. The Morgan fingerprint density at radius 3 is 2.53 bits per heavy atom. The lowest BCUT2D eigenvalue weighted by Gasteiger charge is -2.09. The van der Waals surface area contributed by atoms with Gasteiger partial charge in [-0.05, 0) is 19.1 Å². The Kier molecular flexibility index (Phi) is 4.12. The number of hydrogen-bond acceptors (Lipinski definition) is 3. The van der Waals surface area contributed by atoms with Crippen molar-refractivity contribution in [3.63, 3.8) is 0 Å². The molecular weight excluding hydrogens is 192 g/mol. The van der Waals surface area contributed by atoms with E-state index in [4.69, 9.17) is 16.2 Å². The van der Waals surface area contributed by atoms with E-state index in [0.29, 0.717) is 13.0 Å². The van der Waals surface area contributed by atoms with Crippen molar-refractivity contribution >= 4 is 5.91 Å². The minimum Gasteiger partial charge on any atom is -0.494 e. The van der Waals surface area contributed by atoms with E-state index in [0.717, 1.165) is 5.75 Å². The van der Waals surface area contributed by atoms with E-state index < -0.39 is 11.9 Å². The maximum atomic E-state index is 10.6. The molecule has 0 spiro atoms. The zero-order valence-electron chi connectivity index (χ0n) is 8.77. The van der Waals surface area contributed by atoms with E-state index in [-0.39, 0.29) is 0 Å². The van der Waals surface area contributed by atoms with Crippen molar-refractivity contribution in [2.75, 3.05) is 6.61 Å². The lowest BCUT2D eigenvalue weighted by atomic mass is 10.2. The fourth-order valence-electron chi connectivity index (χ4n) is 1.08. The molecule has 0 aliphatic heterocycles. The minimum atomic E-state index is -0.629. The second-order valence-corrected chi connectivity index (χ2v) is 3.46. The lowest BCUT2D eigenvalue weighted by Crippen LogP contribution is -2.37. The predicted molar refractivity (Wildman–Crippen MR) is 58.5 cm³/mol. The topological polar surface area (TPSA) is 78.3 Å². The number of hydrogen-bond donors (Lipinski definition) is 2. The van der Waals surface area contributed by atoms with Crippen LogP contribution in [0.2, 0.25) is 0 Å². The van der Waals surface area contributed by atoms with Gasteiger partial charge in [0.1, 0.15) is 5.75 Å². The molecule has 4 heteroatoms. The average molecular weight is 208 g/mol. The van der Waals surface area contributed by atoms with Crippen LogP contribution in [0.4, 0.5) is 0 Å². The highest BCUT2D eigenvalue weighted by atomic mass is 16.5. The molecule has 15 heavy (non-hydrogen) atoms. The van der Waals surface area contributed by atoms with Crippen molar-refractivity contribution in [3.8, 4) is 5.75 Å². The number of nitrogens with two attached hydrogens (primary N) is 2. The average Bonchev–Trinajstić information content (AvgIpc) is 2.20. The summed E-state index contributed by atoms with van der Waals surface area (Å²) >= 11 is 0. The Balaban J connectivity index is 2.32. The largest absolute Gasteiger partial charge is 0.494 e. The van der Waals surface area contributed by atoms with Crippen LogP contribution in [0.1, 0.15) is 12.0 Å². The summed E-state index contributed by atoms with van der Waals surface area (Å²) in [5.74, 6) is 0.278. The molecule has 0 aliphatic rings. The number of benzene rings is 1. The third-order valence-electron chi connectivity index (χ3n) is 2.08. The summed E-state index contributed by atoms with van der Waals surface area (Å²) in [5.41, 5.74) is 11.6. The van der Waals surface area contributed by atoms with Gasteiger partial charge in [0.15, 0.2) is 0 Å². The Hall–Kier alpha value is -1.55. The summed E-state index contributed by atoms with van der Waals surface area (Å²) in [6, 6.07) is 7.05. The summed E-state index contributed by atoms with van der Waals surface area (Å²) in [5, 5.41) is 0. The number of carbonyl (C=O) groups is 1. The van der Waals surface area contributed by atoms with Crippen LogP contribution in [0.25, 0.3) is 0 Å². The number of carbonyl (C=O) groups excluding carboxylic acids is 1. The van der Waals surface area contributed by atoms with Gasteiger partial charge in [-0.2, -0.15) is 0 Å². The maximum absolute atomic E-state index is 10.6. The third-order valence-corrected chi connectivity index (χ3v) is 2.08. The van der Waals surface area contributed by atoms with Crippen LogP contribution in [-0.4, -0.2) is 18.6 Å². The van der Waals surface area contributed by atoms with Gasteiger partial charge in [-0.25, -0.2) is 0 Å². The second kappa shape index (κ2) is 5.36. The summed E-state index contributed by atoms with van der Waals surface area (Å²) in [6.07, 6.45) is 0.434. The van der Waals surface area contributed by atoms with E-state index >= 15 is 0 Å². The molecular formula is C11H16N2O2. The minimum absolute atomic E-state index is 0.396. The Morgan fingerprint density at radius 2 is 2.00 bits per heavy atom. The van der Waals surface area contributed by atoms with Gasteiger partial charge >= 0.3 is 0 Å². The van der Waals surface area contributed by atoms with Crippen LogP contribution in [0.5, 0.6) is 5.75 Å². The molecule has 0 aromatic heterocycles. The molecule has 0 bridgehead atoms. The summed E-state index contributed by atoms with van der Waals surface area (Å²) in [4.78, 5) is 10.6. The molecule has 4 nitrogen and oxygen atoms in total. The molecule has 0 saturated carbocycles. The van der Waals surface area contributed by atoms with Crippen molar-refractivity contribution < 1.29 is 9.53 Å².